The minimum atomic E-state index is -3.04. The van der Waals surface area contributed by atoms with Gasteiger partial charge in [0.25, 0.3) is 0 Å². The molecular formula is C11H14BrNO3S. The number of aliphatic hydroxyl groups excluding tert-OH is 1. The molecule has 1 aromatic rings. The molecule has 1 saturated heterocycles. The molecule has 17 heavy (non-hydrogen) atoms. The summed E-state index contributed by atoms with van der Waals surface area (Å²) in [6.07, 6.45) is 0.438. The number of hydrogen-bond acceptors (Lipinski definition) is 4. The van der Waals surface area contributed by atoms with Gasteiger partial charge in [0.15, 0.2) is 9.84 Å². The predicted octanol–water partition coefficient (Wildman–Crippen LogP) is 1.41. The molecule has 1 atom stereocenters. The molecule has 0 aromatic heterocycles. The topological polar surface area (TPSA) is 66.4 Å². The van der Waals surface area contributed by atoms with E-state index in [2.05, 4.69) is 21.2 Å². The maximum absolute atomic E-state index is 11.5. The third-order valence-corrected chi connectivity index (χ3v) is 5.47. The molecule has 6 heteroatoms. The minimum absolute atomic E-state index is 0.0160. The molecule has 0 saturated carbocycles. The molecule has 1 fully saturated rings. The second-order valence-electron chi connectivity index (χ2n) is 4.39. The minimum Gasteiger partial charge on any atom is -0.394 e. The Bertz CT molecular complexity index is 517. The number of rotatable bonds is 3. The maximum atomic E-state index is 11.5. The number of nitrogens with one attached hydrogen (secondary N) is 1. The first-order valence-corrected chi connectivity index (χ1v) is 7.92. The Morgan fingerprint density at radius 2 is 2.12 bits per heavy atom. The fourth-order valence-electron chi connectivity index (χ4n) is 2.03. The van der Waals surface area contributed by atoms with E-state index in [1.54, 1.807) is 0 Å². The number of sulfone groups is 1. The zero-order valence-corrected chi connectivity index (χ0v) is 11.6. The van der Waals surface area contributed by atoms with Crippen LogP contribution in [0.3, 0.4) is 0 Å². The average molecular weight is 320 g/mol. The molecule has 2 N–H and O–H groups in total. The highest BCUT2D eigenvalue weighted by Gasteiger charge is 2.42. The van der Waals surface area contributed by atoms with E-state index in [-0.39, 0.29) is 18.1 Å². The third kappa shape index (κ3) is 2.81. The van der Waals surface area contributed by atoms with Gasteiger partial charge >= 0.3 is 0 Å². The first kappa shape index (κ1) is 12.9. The number of para-hydroxylation sites is 1. The van der Waals surface area contributed by atoms with Gasteiger partial charge in [-0.25, -0.2) is 8.42 Å². The van der Waals surface area contributed by atoms with Crippen LogP contribution in [0.2, 0.25) is 0 Å². The van der Waals surface area contributed by atoms with Crippen LogP contribution in [0.5, 0.6) is 0 Å². The lowest BCUT2D eigenvalue weighted by atomic mass is 10.00. The van der Waals surface area contributed by atoms with E-state index in [9.17, 15) is 13.5 Å². The summed E-state index contributed by atoms with van der Waals surface area (Å²) in [6.45, 7) is -0.187. The van der Waals surface area contributed by atoms with Crippen molar-refractivity contribution < 1.29 is 13.5 Å². The molecule has 1 heterocycles. The maximum Gasteiger partial charge on any atom is 0.152 e. The lowest BCUT2D eigenvalue weighted by molar-refractivity contribution is 0.226. The van der Waals surface area contributed by atoms with Crippen molar-refractivity contribution in [2.24, 2.45) is 0 Å². The van der Waals surface area contributed by atoms with Crippen molar-refractivity contribution in [1.82, 2.24) is 0 Å². The summed E-state index contributed by atoms with van der Waals surface area (Å²) < 4.78 is 23.9. The second kappa shape index (κ2) is 4.59. The summed E-state index contributed by atoms with van der Waals surface area (Å²) in [7, 11) is -3.04. The number of benzene rings is 1. The van der Waals surface area contributed by atoms with Gasteiger partial charge in [0.2, 0.25) is 0 Å². The Morgan fingerprint density at radius 3 is 2.65 bits per heavy atom. The van der Waals surface area contributed by atoms with Crippen molar-refractivity contribution in [2.75, 3.05) is 23.4 Å². The molecule has 0 bridgehead atoms. The summed E-state index contributed by atoms with van der Waals surface area (Å²) >= 11 is 3.39. The first-order valence-electron chi connectivity index (χ1n) is 5.30. The van der Waals surface area contributed by atoms with Crippen LogP contribution >= 0.6 is 15.9 Å². The van der Waals surface area contributed by atoms with Gasteiger partial charge in [-0.15, -0.1) is 0 Å². The van der Waals surface area contributed by atoms with Gasteiger partial charge in [0.1, 0.15) is 0 Å². The first-order chi connectivity index (χ1) is 7.96. The van der Waals surface area contributed by atoms with E-state index < -0.39 is 15.4 Å². The van der Waals surface area contributed by atoms with Gasteiger partial charge in [0.05, 0.1) is 23.7 Å². The van der Waals surface area contributed by atoms with Crippen molar-refractivity contribution >= 4 is 31.5 Å². The van der Waals surface area contributed by atoms with Crippen molar-refractivity contribution in [3.8, 4) is 0 Å². The Balaban J connectivity index is 2.25. The van der Waals surface area contributed by atoms with Crippen LogP contribution in [0.4, 0.5) is 5.69 Å². The normalized spacial score (nSPS) is 26.9. The fraction of sp³-hybridized carbons (Fsp3) is 0.455. The van der Waals surface area contributed by atoms with Crippen LogP contribution < -0.4 is 5.32 Å². The standard InChI is InChI=1S/C11H14BrNO3S/c12-9-3-1-2-4-10(9)13-11(7-14)5-6-17(15,16)8-11/h1-4,13-14H,5-8H2. The largest absolute Gasteiger partial charge is 0.394 e. The summed E-state index contributed by atoms with van der Waals surface area (Å²) in [5.74, 6) is 0.114. The average Bonchev–Trinajstić information content (AvgIpc) is 2.59. The van der Waals surface area contributed by atoms with Crippen molar-refractivity contribution in [1.29, 1.82) is 0 Å². The number of halogens is 1. The molecule has 0 radical (unpaired) electrons. The fourth-order valence-corrected chi connectivity index (χ4v) is 4.41. The molecule has 2 rings (SSSR count). The molecular weight excluding hydrogens is 306 g/mol. The third-order valence-electron chi connectivity index (χ3n) is 2.96. The molecule has 94 valence electrons. The van der Waals surface area contributed by atoms with Crippen LogP contribution in [0.25, 0.3) is 0 Å². The van der Waals surface area contributed by atoms with Crippen molar-refractivity contribution in [3.05, 3.63) is 28.7 Å². The molecule has 1 aliphatic rings. The van der Waals surface area contributed by atoms with Crippen LogP contribution in [0.1, 0.15) is 6.42 Å². The summed E-state index contributed by atoms with van der Waals surface area (Å²) in [4.78, 5) is 0. The lowest BCUT2D eigenvalue weighted by Gasteiger charge is -2.28. The summed E-state index contributed by atoms with van der Waals surface area (Å²) in [5, 5.41) is 12.6. The zero-order valence-electron chi connectivity index (χ0n) is 9.19. The molecule has 0 spiro atoms. The van der Waals surface area contributed by atoms with Gasteiger partial charge < -0.3 is 10.4 Å². The van der Waals surface area contributed by atoms with Gasteiger partial charge in [0, 0.05) is 10.2 Å². The molecule has 0 amide bonds. The molecule has 1 aromatic carbocycles. The highest BCUT2D eigenvalue weighted by atomic mass is 79.9. The Hall–Kier alpha value is -0.590. The highest BCUT2D eigenvalue weighted by molar-refractivity contribution is 9.10. The van der Waals surface area contributed by atoms with Crippen LogP contribution in [-0.2, 0) is 9.84 Å². The van der Waals surface area contributed by atoms with Crippen molar-refractivity contribution in [3.63, 3.8) is 0 Å². The van der Waals surface area contributed by atoms with Gasteiger partial charge in [-0.2, -0.15) is 0 Å². The van der Waals surface area contributed by atoms with Crippen LogP contribution in [0.15, 0.2) is 28.7 Å². The lowest BCUT2D eigenvalue weighted by Crippen LogP contribution is -2.43. The smallest absolute Gasteiger partial charge is 0.152 e. The van der Waals surface area contributed by atoms with E-state index in [4.69, 9.17) is 0 Å². The Labute approximate surface area is 109 Å². The number of anilines is 1. The Morgan fingerprint density at radius 1 is 1.41 bits per heavy atom. The number of hydrogen-bond donors (Lipinski definition) is 2. The molecule has 1 aliphatic heterocycles. The SMILES string of the molecule is O=S1(=O)CCC(CO)(Nc2ccccc2Br)C1. The Kier molecular flexibility index (Phi) is 3.47. The quantitative estimate of drug-likeness (QED) is 0.884. The van der Waals surface area contributed by atoms with Crippen LogP contribution in [-0.4, -0.2) is 37.2 Å². The van der Waals surface area contributed by atoms with Gasteiger partial charge in [-0.3, -0.25) is 0 Å². The van der Waals surface area contributed by atoms with E-state index in [1.807, 2.05) is 24.3 Å². The zero-order chi connectivity index (χ0) is 12.5. The predicted molar refractivity (Wildman–Crippen MR) is 70.9 cm³/mol. The molecule has 4 nitrogen and oxygen atoms in total. The van der Waals surface area contributed by atoms with E-state index in [0.717, 1.165) is 10.2 Å². The van der Waals surface area contributed by atoms with Crippen molar-refractivity contribution in [2.45, 2.75) is 12.0 Å². The van der Waals surface area contributed by atoms with E-state index in [1.165, 1.54) is 0 Å². The van der Waals surface area contributed by atoms with Gasteiger partial charge in [-0.05, 0) is 34.5 Å². The monoisotopic (exact) mass is 319 g/mol. The molecule has 0 aliphatic carbocycles. The summed E-state index contributed by atoms with van der Waals surface area (Å²) in [5.41, 5.74) is 0.0570. The second-order valence-corrected chi connectivity index (χ2v) is 7.42. The van der Waals surface area contributed by atoms with Crippen LogP contribution in [0, 0.1) is 0 Å². The summed E-state index contributed by atoms with van der Waals surface area (Å²) in [6, 6.07) is 7.47. The van der Waals surface area contributed by atoms with E-state index >= 15 is 0 Å². The van der Waals surface area contributed by atoms with E-state index in [0.29, 0.717) is 6.42 Å². The highest BCUT2D eigenvalue weighted by Crippen LogP contribution is 2.31. The number of aliphatic hydroxyl groups is 1. The van der Waals surface area contributed by atoms with Gasteiger partial charge in [-0.1, -0.05) is 12.1 Å². The molecule has 1 unspecified atom stereocenters.